The zero-order valence-electron chi connectivity index (χ0n) is 11.0. The van der Waals surface area contributed by atoms with E-state index in [4.69, 9.17) is 10.7 Å². The highest BCUT2D eigenvalue weighted by Crippen LogP contribution is 2.13. The van der Waals surface area contributed by atoms with Crippen LogP contribution in [0.1, 0.15) is 19.0 Å². The van der Waals surface area contributed by atoms with Crippen LogP contribution in [-0.2, 0) is 6.54 Å². The van der Waals surface area contributed by atoms with E-state index in [9.17, 15) is 0 Å². The predicted octanol–water partition coefficient (Wildman–Crippen LogP) is 2.41. The van der Waals surface area contributed by atoms with Gasteiger partial charge in [-0.2, -0.15) is 0 Å². The molecule has 3 heteroatoms. The smallest absolute Gasteiger partial charge is 0.0705 e. The lowest BCUT2D eigenvalue weighted by Crippen LogP contribution is -2.26. The Hall–Kier alpha value is -1.45. The van der Waals surface area contributed by atoms with Gasteiger partial charge in [-0.25, -0.2) is 0 Å². The average Bonchev–Trinajstić information content (AvgIpc) is 2.43. The molecule has 0 saturated carbocycles. The van der Waals surface area contributed by atoms with Crippen molar-refractivity contribution in [1.82, 2.24) is 9.88 Å². The van der Waals surface area contributed by atoms with Gasteiger partial charge in [-0.3, -0.25) is 9.88 Å². The number of nitrogens with two attached hydrogens (primary N) is 1. The van der Waals surface area contributed by atoms with Crippen molar-refractivity contribution in [2.45, 2.75) is 19.9 Å². The molecule has 2 N–H and O–H groups in total. The highest BCUT2D eigenvalue weighted by molar-refractivity contribution is 5.78. The highest BCUT2D eigenvalue weighted by Gasteiger charge is 2.04. The van der Waals surface area contributed by atoms with E-state index in [0.29, 0.717) is 0 Å². The number of nitrogens with zero attached hydrogens (tertiary/aromatic N) is 2. The minimum Gasteiger partial charge on any atom is -0.330 e. The topological polar surface area (TPSA) is 42.1 Å². The van der Waals surface area contributed by atoms with E-state index in [-0.39, 0.29) is 0 Å². The zero-order chi connectivity index (χ0) is 12.8. The normalized spacial score (nSPS) is 11.3. The molecule has 0 aliphatic heterocycles. The molecule has 0 bridgehead atoms. The molecule has 0 fully saturated rings. The summed E-state index contributed by atoms with van der Waals surface area (Å²) in [6.45, 7) is 5.91. The van der Waals surface area contributed by atoms with Crippen molar-refractivity contribution in [3.05, 3.63) is 42.1 Å². The summed E-state index contributed by atoms with van der Waals surface area (Å²) >= 11 is 0. The Morgan fingerprint density at radius 2 is 2.00 bits per heavy atom. The minimum absolute atomic E-state index is 0.752. The number of hydrogen-bond donors (Lipinski definition) is 1. The molecule has 2 rings (SSSR count). The minimum atomic E-state index is 0.752. The van der Waals surface area contributed by atoms with Crippen LogP contribution in [0.2, 0.25) is 0 Å². The van der Waals surface area contributed by atoms with E-state index in [0.717, 1.165) is 43.8 Å². The first kappa shape index (κ1) is 13.0. The second-order valence-electron chi connectivity index (χ2n) is 4.51. The van der Waals surface area contributed by atoms with Gasteiger partial charge in [-0.15, -0.1) is 0 Å². The molecule has 1 heterocycles. The Morgan fingerprint density at radius 1 is 1.17 bits per heavy atom. The number of rotatable bonds is 6. The molecule has 1 aromatic carbocycles. The molecule has 0 radical (unpaired) electrons. The molecule has 0 aliphatic carbocycles. The molecule has 0 unspecified atom stereocenters. The van der Waals surface area contributed by atoms with E-state index in [1.54, 1.807) is 0 Å². The van der Waals surface area contributed by atoms with Gasteiger partial charge in [0.2, 0.25) is 0 Å². The first-order valence-corrected chi connectivity index (χ1v) is 6.60. The summed E-state index contributed by atoms with van der Waals surface area (Å²) < 4.78 is 0. The fraction of sp³-hybridized carbons (Fsp3) is 0.400. The maximum Gasteiger partial charge on any atom is 0.0705 e. The molecule has 96 valence electrons. The molecule has 2 aromatic rings. The van der Waals surface area contributed by atoms with Gasteiger partial charge in [0.1, 0.15) is 0 Å². The maximum atomic E-state index is 5.56. The number of para-hydroxylation sites is 1. The summed E-state index contributed by atoms with van der Waals surface area (Å²) in [5.74, 6) is 0. The summed E-state index contributed by atoms with van der Waals surface area (Å²) in [7, 11) is 0. The quantitative estimate of drug-likeness (QED) is 0.847. The van der Waals surface area contributed by atoms with Crippen LogP contribution in [-0.4, -0.2) is 29.5 Å². The number of pyridine rings is 1. The van der Waals surface area contributed by atoms with Crippen molar-refractivity contribution in [2.24, 2.45) is 5.73 Å². The second kappa shape index (κ2) is 6.47. The number of benzene rings is 1. The molecule has 0 aliphatic rings. The first-order chi connectivity index (χ1) is 8.83. The van der Waals surface area contributed by atoms with Crippen LogP contribution in [0.4, 0.5) is 0 Å². The van der Waals surface area contributed by atoms with E-state index < -0.39 is 0 Å². The van der Waals surface area contributed by atoms with Gasteiger partial charge in [0, 0.05) is 11.9 Å². The van der Waals surface area contributed by atoms with E-state index >= 15 is 0 Å². The van der Waals surface area contributed by atoms with Crippen molar-refractivity contribution in [1.29, 1.82) is 0 Å². The van der Waals surface area contributed by atoms with Crippen LogP contribution >= 0.6 is 0 Å². The Balaban J connectivity index is 2.10. The van der Waals surface area contributed by atoms with Crippen LogP contribution in [0.15, 0.2) is 36.4 Å². The number of fused-ring (bicyclic) bond motifs is 1. The third-order valence-corrected chi connectivity index (χ3v) is 3.17. The standard InChI is InChI=1S/C15H21N3/c1-2-18(11-5-10-16)12-14-9-8-13-6-3-4-7-15(13)17-14/h3-4,6-9H,2,5,10-12,16H2,1H3. The van der Waals surface area contributed by atoms with Crippen LogP contribution in [0.25, 0.3) is 10.9 Å². The summed E-state index contributed by atoms with van der Waals surface area (Å²) in [5, 5.41) is 1.20. The number of hydrogen-bond acceptors (Lipinski definition) is 3. The third-order valence-electron chi connectivity index (χ3n) is 3.17. The Bertz CT molecular complexity index is 496. The van der Waals surface area contributed by atoms with E-state index in [1.807, 2.05) is 12.1 Å². The Kier molecular flexibility index (Phi) is 4.67. The number of aromatic nitrogens is 1. The van der Waals surface area contributed by atoms with E-state index in [2.05, 4.69) is 36.1 Å². The molecule has 3 nitrogen and oxygen atoms in total. The van der Waals surface area contributed by atoms with Gasteiger partial charge < -0.3 is 5.73 Å². The SMILES string of the molecule is CCN(CCCN)Cc1ccc2ccccc2n1. The summed E-state index contributed by atoms with van der Waals surface area (Å²) in [6.07, 6.45) is 1.04. The molecule has 18 heavy (non-hydrogen) atoms. The molecule has 0 atom stereocenters. The van der Waals surface area contributed by atoms with Gasteiger partial charge in [0.05, 0.1) is 11.2 Å². The largest absolute Gasteiger partial charge is 0.330 e. The van der Waals surface area contributed by atoms with Crippen LogP contribution in [0.5, 0.6) is 0 Å². The Labute approximate surface area is 109 Å². The summed E-state index contributed by atoms with van der Waals surface area (Å²) in [5.41, 5.74) is 7.76. The summed E-state index contributed by atoms with van der Waals surface area (Å²) in [4.78, 5) is 7.08. The molecule has 0 amide bonds. The third kappa shape index (κ3) is 3.28. The monoisotopic (exact) mass is 243 g/mol. The van der Waals surface area contributed by atoms with Crippen molar-refractivity contribution >= 4 is 10.9 Å². The highest BCUT2D eigenvalue weighted by atomic mass is 15.1. The van der Waals surface area contributed by atoms with Gasteiger partial charge in [0.25, 0.3) is 0 Å². The predicted molar refractivity (Wildman–Crippen MR) is 76.4 cm³/mol. The molecule has 0 saturated heterocycles. The van der Waals surface area contributed by atoms with Gasteiger partial charge in [0.15, 0.2) is 0 Å². The molecular formula is C15H21N3. The van der Waals surface area contributed by atoms with Crippen molar-refractivity contribution < 1.29 is 0 Å². The molecular weight excluding hydrogens is 222 g/mol. The van der Waals surface area contributed by atoms with Gasteiger partial charge in [-0.05, 0) is 38.2 Å². The zero-order valence-corrected chi connectivity index (χ0v) is 11.0. The lowest BCUT2D eigenvalue weighted by molar-refractivity contribution is 0.275. The second-order valence-corrected chi connectivity index (χ2v) is 4.51. The lowest BCUT2D eigenvalue weighted by atomic mass is 10.2. The Morgan fingerprint density at radius 3 is 2.78 bits per heavy atom. The van der Waals surface area contributed by atoms with Crippen molar-refractivity contribution in [2.75, 3.05) is 19.6 Å². The fourth-order valence-corrected chi connectivity index (χ4v) is 2.09. The molecule has 0 spiro atoms. The summed E-state index contributed by atoms with van der Waals surface area (Å²) in [6, 6.07) is 12.5. The van der Waals surface area contributed by atoms with Gasteiger partial charge >= 0.3 is 0 Å². The fourth-order valence-electron chi connectivity index (χ4n) is 2.09. The van der Waals surface area contributed by atoms with E-state index in [1.165, 1.54) is 5.39 Å². The maximum absolute atomic E-state index is 5.56. The van der Waals surface area contributed by atoms with Crippen molar-refractivity contribution in [3.63, 3.8) is 0 Å². The van der Waals surface area contributed by atoms with Crippen molar-refractivity contribution in [3.8, 4) is 0 Å². The first-order valence-electron chi connectivity index (χ1n) is 6.60. The van der Waals surface area contributed by atoms with Gasteiger partial charge in [-0.1, -0.05) is 31.2 Å². The van der Waals surface area contributed by atoms with Crippen LogP contribution in [0, 0.1) is 0 Å². The van der Waals surface area contributed by atoms with Crippen LogP contribution < -0.4 is 5.73 Å². The van der Waals surface area contributed by atoms with Crippen LogP contribution in [0.3, 0.4) is 0 Å². The average molecular weight is 243 g/mol. The molecule has 1 aromatic heterocycles. The lowest BCUT2D eigenvalue weighted by Gasteiger charge is -2.19.